The van der Waals surface area contributed by atoms with Crippen molar-refractivity contribution in [2.24, 2.45) is 0 Å². The van der Waals surface area contributed by atoms with E-state index >= 15 is 0 Å². The maximum absolute atomic E-state index is 5.99. The highest BCUT2D eigenvalue weighted by Gasteiger charge is 2.28. The molecule has 0 saturated heterocycles. The summed E-state index contributed by atoms with van der Waals surface area (Å²) in [5.74, 6) is 0. The van der Waals surface area contributed by atoms with E-state index in [2.05, 4.69) is 44.3 Å². The van der Waals surface area contributed by atoms with Crippen LogP contribution >= 0.6 is 0 Å². The van der Waals surface area contributed by atoms with Crippen molar-refractivity contribution in [2.75, 3.05) is 13.7 Å². The van der Waals surface area contributed by atoms with Gasteiger partial charge >= 0.3 is 8.56 Å². The molecule has 1 unspecified atom stereocenters. The quantitative estimate of drug-likeness (QED) is 0.660. The van der Waals surface area contributed by atoms with Crippen LogP contribution in [0.15, 0.2) is 30.8 Å². The van der Waals surface area contributed by atoms with Gasteiger partial charge in [-0.05, 0) is 30.1 Å². The first-order valence-corrected chi connectivity index (χ1v) is 9.06. The Hall–Kier alpha value is -0.903. The van der Waals surface area contributed by atoms with E-state index in [1.54, 1.807) is 7.11 Å². The summed E-state index contributed by atoms with van der Waals surface area (Å²) in [5, 5.41) is 0. The summed E-state index contributed by atoms with van der Waals surface area (Å²) in [5.41, 5.74) is 2.45. The second kappa shape index (κ2) is 7.51. The Bertz CT molecular complexity index is 379. The molecule has 18 heavy (non-hydrogen) atoms. The van der Waals surface area contributed by atoms with Crippen LogP contribution in [0, 0.1) is 0 Å². The monoisotopic (exact) mass is 264 g/mol. The molecule has 1 atom stereocenters. The van der Waals surface area contributed by atoms with Crippen LogP contribution < -0.4 is 0 Å². The zero-order valence-corrected chi connectivity index (χ0v) is 12.7. The lowest BCUT2D eigenvalue weighted by atomic mass is 10.1. The summed E-state index contributed by atoms with van der Waals surface area (Å²) in [6.07, 6.45) is 3.91. The van der Waals surface area contributed by atoms with Crippen LogP contribution in [0.4, 0.5) is 0 Å². The normalized spacial score (nSPS) is 14.2. The molecule has 0 bridgehead atoms. The van der Waals surface area contributed by atoms with Gasteiger partial charge in [-0.2, -0.15) is 0 Å². The van der Waals surface area contributed by atoms with Gasteiger partial charge in [0.15, 0.2) is 0 Å². The maximum atomic E-state index is 5.99. The number of hydrogen-bond acceptors (Lipinski definition) is 2. The number of benzene rings is 1. The highest BCUT2D eigenvalue weighted by Crippen LogP contribution is 2.15. The van der Waals surface area contributed by atoms with Gasteiger partial charge in [-0.15, -0.1) is 0 Å². The molecule has 0 N–H and O–H groups in total. The van der Waals surface area contributed by atoms with Crippen LogP contribution in [-0.2, 0) is 15.3 Å². The van der Waals surface area contributed by atoms with Gasteiger partial charge in [0.1, 0.15) is 0 Å². The molecule has 0 aliphatic rings. The smallest absolute Gasteiger partial charge is 0.334 e. The van der Waals surface area contributed by atoms with E-state index in [0.717, 1.165) is 31.1 Å². The van der Waals surface area contributed by atoms with E-state index in [1.807, 2.05) is 6.08 Å². The summed E-state index contributed by atoms with van der Waals surface area (Å²) >= 11 is 0. The van der Waals surface area contributed by atoms with Crippen molar-refractivity contribution in [3.63, 3.8) is 0 Å². The minimum absolute atomic E-state index is 0.733. The van der Waals surface area contributed by atoms with E-state index in [9.17, 15) is 0 Å². The molecule has 2 nitrogen and oxygen atoms in total. The molecule has 1 rings (SSSR count). The molecule has 100 valence electrons. The van der Waals surface area contributed by atoms with E-state index < -0.39 is 8.56 Å². The molecule has 0 radical (unpaired) electrons. The third-order valence-corrected chi connectivity index (χ3v) is 6.21. The lowest BCUT2D eigenvalue weighted by molar-refractivity contribution is 0.206. The summed E-state index contributed by atoms with van der Waals surface area (Å²) in [6, 6.07) is 9.45. The van der Waals surface area contributed by atoms with Gasteiger partial charge < -0.3 is 8.85 Å². The largest absolute Gasteiger partial charge is 0.398 e. The van der Waals surface area contributed by atoms with Crippen LogP contribution in [0.3, 0.4) is 0 Å². The fourth-order valence-corrected chi connectivity index (χ4v) is 3.86. The zero-order valence-electron chi connectivity index (χ0n) is 11.7. The molecule has 0 aliphatic carbocycles. The average molecular weight is 264 g/mol. The first-order valence-electron chi connectivity index (χ1n) is 6.54. The SMILES string of the molecule is C=Cc1cccc(CCO[Si](C)(CCC)OC)c1. The topological polar surface area (TPSA) is 18.5 Å². The first-order chi connectivity index (χ1) is 8.63. The Morgan fingerprint density at radius 3 is 2.78 bits per heavy atom. The van der Waals surface area contributed by atoms with Crippen LogP contribution in [0.5, 0.6) is 0 Å². The van der Waals surface area contributed by atoms with Gasteiger partial charge in [-0.25, -0.2) is 0 Å². The van der Waals surface area contributed by atoms with E-state index in [4.69, 9.17) is 8.85 Å². The Morgan fingerprint density at radius 1 is 1.39 bits per heavy atom. The van der Waals surface area contributed by atoms with Crippen molar-refractivity contribution in [1.29, 1.82) is 0 Å². The minimum Gasteiger partial charge on any atom is -0.398 e. The zero-order chi connectivity index (χ0) is 13.4. The predicted octanol–water partition coefficient (Wildman–Crippen LogP) is 4.02. The van der Waals surface area contributed by atoms with Crippen molar-refractivity contribution >= 4 is 14.6 Å². The summed E-state index contributed by atoms with van der Waals surface area (Å²) in [4.78, 5) is 0. The fourth-order valence-electron chi connectivity index (χ4n) is 1.95. The average Bonchev–Trinajstić information content (AvgIpc) is 2.39. The second-order valence-electron chi connectivity index (χ2n) is 4.64. The van der Waals surface area contributed by atoms with Gasteiger partial charge in [0.05, 0.1) is 0 Å². The van der Waals surface area contributed by atoms with Crippen LogP contribution in [0.2, 0.25) is 12.6 Å². The molecule has 0 fully saturated rings. The molecular formula is C15H24O2Si. The van der Waals surface area contributed by atoms with Gasteiger partial charge in [-0.3, -0.25) is 0 Å². The molecule has 0 aromatic heterocycles. The van der Waals surface area contributed by atoms with Crippen molar-refractivity contribution < 1.29 is 8.85 Å². The van der Waals surface area contributed by atoms with Crippen molar-refractivity contribution in [3.05, 3.63) is 42.0 Å². The molecule has 1 aromatic rings. The molecule has 1 aromatic carbocycles. The van der Waals surface area contributed by atoms with Gasteiger partial charge in [0.2, 0.25) is 0 Å². The second-order valence-corrected chi connectivity index (χ2v) is 8.10. The van der Waals surface area contributed by atoms with Crippen molar-refractivity contribution in [2.45, 2.75) is 32.4 Å². The van der Waals surface area contributed by atoms with Crippen LogP contribution in [0.1, 0.15) is 24.5 Å². The van der Waals surface area contributed by atoms with Crippen LogP contribution in [0.25, 0.3) is 6.08 Å². The Kier molecular flexibility index (Phi) is 6.33. The maximum Gasteiger partial charge on any atom is 0.334 e. The summed E-state index contributed by atoms with van der Waals surface area (Å²) in [6.45, 7) is 8.82. The van der Waals surface area contributed by atoms with Gasteiger partial charge in [-0.1, -0.05) is 50.3 Å². The van der Waals surface area contributed by atoms with Crippen LogP contribution in [-0.4, -0.2) is 22.3 Å². The summed E-state index contributed by atoms with van der Waals surface area (Å²) in [7, 11) is -0.155. The Labute approximate surface area is 112 Å². The van der Waals surface area contributed by atoms with E-state index in [-0.39, 0.29) is 0 Å². The Balaban J connectivity index is 2.47. The predicted molar refractivity (Wildman–Crippen MR) is 79.9 cm³/mol. The third kappa shape index (κ3) is 4.76. The summed E-state index contributed by atoms with van der Waals surface area (Å²) < 4.78 is 11.5. The number of rotatable bonds is 8. The van der Waals surface area contributed by atoms with E-state index in [1.165, 1.54) is 5.56 Å². The molecule has 3 heteroatoms. The lowest BCUT2D eigenvalue weighted by Crippen LogP contribution is -2.37. The van der Waals surface area contributed by atoms with Crippen molar-refractivity contribution in [1.82, 2.24) is 0 Å². The molecular weight excluding hydrogens is 240 g/mol. The molecule has 0 amide bonds. The van der Waals surface area contributed by atoms with Gasteiger partial charge in [0, 0.05) is 13.7 Å². The molecule has 0 saturated carbocycles. The third-order valence-electron chi connectivity index (χ3n) is 3.12. The lowest BCUT2D eigenvalue weighted by Gasteiger charge is -2.24. The van der Waals surface area contributed by atoms with E-state index in [0.29, 0.717) is 0 Å². The van der Waals surface area contributed by atoms with Gasteiger partial charge in [0.25, 0.3) is 0 Å². The Morgan fingerprint density at radius 2 is 2.17 bits per heavy atom. The fraction of sp³-hybridized carbons (Fsp3) is 0.467. The van der Waals surface area contributed by atoms with Crippen molar-refractivity contribution in [3.8, 4) is 0 Å². The minimum atomic E-state index is -1.92. The standard InChI is InChI=1S/C15H24O2Si/c1-5-12-18(4,16-3)17-11-10-15-9-7-8-14(6-2)13-15/h6-9,13H,2,5,10-12H2,1,3-4H3. The molecule has 0 aliphatic heterocycles. The molecule has 0 spiro atoms. The highest BCUT2D eigenvalue weighted by molar-refractivity contribution is 6.65. The first kappa shape index (κ1) is 15.2. The number of hydrogen-bond donors (Lipinski definition) is 0. The highest BCUT2D eigenvalue weighted by atomic mass is 28.4. The molecule has 0 heterocycles.